The van der Waals surface area contributed by atoms with Crippen LogP contribution in [-0.2, 0) is 6.54 Å². The number of tetrazole rings is 1. The molecule has 122 valence electrons. The lowest BCUT2D eigenvalue weighted by Crippen LogP contribution is -2.02. The highest BCUT2D eigenvalue weighted by Crippen LogP contribution is 2.13. The summed E-state index contributed by atoms with van der Waals surface area (Å²) in [6.07, 6.45) is 18.6. The maximum absolute atomic E-state index is 4.01. The molecule has 0 N–H and O–H groups in total. The molecule has 5 heteroatoms. The topological polar surface area (TPSA) is 43.6 Å². The molecule has 1 aromatic heterocycles. The number of hydrogen-bond donors (Lipinski definition) is 0. The third-order valence-corrected chi connectivity index (χ3v) is 4.56. The van der Waals surface area contributed by atoms with Crippen molar-refractivity contribution in [1.29, 1.82) is 0 Å². The maximum Gasteiger partial charge on any atom is 0.209 e. The van der Waals surface area contributed by atoms with Crippen molar-refractivity contribution in [3.05, 3.63) is 0 Å². The van der Waals surface area contributed by atoms with E-state index in [-0.39, 0.29) is 0 Å². The van der Waals surface area contributed by atoms with Gasteiger partial charge in [0.25, 0.3) is 0 Å². The second-order valence-electron chi connectivity index (χ2n) is 5.78. The number of rotatable bonds is 14. The number of unbranched alkanes of at least 4 members (excludes halogenated alkanes) is 11. The second kappa shape index (κ2) is 13.1. The molecule has 21 heavy (non-hydrogen) atoms. The van der Waals surface area contributed by atoms with Gasteiger partial charge in [0.15, 0.2) is 0 Å². The van der Waals surface area contributed by atoms with Gasteiger partial charge in [-0.2, -0.15) is 0 Å². The van der Waals surface area contributed by atoms with Gasteiger partial charge in [0.1, 0.15) is 0 Å². The fourth-order valence-electron chi connectivity index (χ4n) is 2.59. The fourth-order valence-corrected chi connectivity index (χ4v) is 3.04. The fraction of sp³-hybridized carbons (Fsp3) is 0.938. The Labute approximate surface area is 134 Å². The number of aryl methyl sites for hydroxylation is 1. The average Bonchev–Trinajstić information content (AvgIpc) is 2.96. The predicted octanol–water partition coefficient (Wildman–Crippen LogP) is 5.10. The van der Waals surface area contributed by atoms with E-state index in [1.807, 2.05) is 10.9 Å². The van der Waals surface area contributed by atoms with Gasteiger partial charge in [0.05, 0.1) is 0 Å². The molecule has 0 aliphatic heterocycles. The van der Waals surface area contributed by atoms with Crippen LogP contribution in [0.15, 0.2) is 5.16 Å². The number of hydrogen-bond acceptors (Lipinski definition) is 4. The zero-order valence-corrected chi connectivity index (χ0v) is 14.7. The van der Waals surface area contributed by atoms with Gasteiger partial charge in [0.2, 0.25) is 5.16 Å². The van der Waals surface area contributed by atoms with E-state index in [1.165, 1.54) is 77.0 Å². The maximum atomic E-state index is 4.01. The lowest BCUT2D eigenvalue weighted by Gasteiger charge is -2.04. The van der Waals surface area contributed by atoms with Gasteiger partial charge in [-0.05, 0) is 23.1 Å². The minimum absolute atomic E-state index is 0.929. The molecule has 0 fully saturated rings. The molecule has 0 aromatic carbocycles. The second-order valence-corrected chi connectivity index (χ2v) is 6.55. The number of nitrogens with zero attached hydrogens (tertiary/aromatic N) is 4. The molecule has 1 rings (SSSR count). The third kappa shape index (κ3) is 9.12. The van der Waals surface area contributed by atoms with Crippen LogP contribution in [0.3, 0.4) is 0 Å². The van der Waals surface area contributed by atoms with E-state index in [2.05, 4.69) is 22.4 Å². The zero-order valence-electron chi connectivity index (χ0n) is 13.9. The Kier molecular flexibility index (Phi) is 11.5. The molecule has 0 unspecified atom stereocenters. The molecule has 0 radical (unpaired) electrons. The van der Waals surface area contributed by atoms with E-state index in [0.29, 0.717) is 0 Å². The summed E-state index contributed by atoms with van der Waals surface area (Å²) >= 11 is 1.61. The summed E-state index contributed by atoms with van der Waals surface area (Å²) in [5.41, 5.74) is 0. The number of aromatic nitrogens is 4. The van der Waals surface area contributed by atoms with Crippen molar-refractivity contribution in [2.45, 2.75) is 95.7 Å². The van der Waals surface area contributed by atoms with Crippen LogP contribution in [0.1, 0.15) is 84.0 Å². The van der Waals surface area contributed by atoms with Gasteiger partial charge in [-0.15, -0.1) is 5.10 Å². The van der Waals surface area contributed by atoms with Crippen molar-refractivity contribution in [2.24, 2.45) is 0 Å². The smallest absolute Gasteiger partial charge is 0.209 e. The van der Waals surface area contributed by atoms with E-state index >= 15 is 0 Å². The van der Waals surface area contributed by atoms with Crippen LogP contribution in [0.5, 0.6) is 0 Å². The molecule has 0 spiro atoms. The van der Waals surface area contributed by atoms with Crippen molar-refractivity contribution in [2.75, 3.05) is 6.26 Å². The van der Waals surface area contributed by atoms with Gasteiger partial charge in [-0.3, -0.25) is 0 Å². The molecular weight excluding hydrogens is 280 g/mol. The highest BCUT2D eigenvalue weighted by Gasteiger charge is 2.02. The summed E-state index contributed by atoms with van der Waals surface area (Å²) in [6, 6.07) is 0. The molecule has 4 nitrogen and oxygen atoms in total. The minimum Gasteiger partial charge on any atom is -0.220 e. The monoisotopic (exact) mass is 312 g/mol. The van der Waals surface area contributed by atoms with E-state index in [0.717, 1.165) is 11.7 Å². The Bertz CT molecular complexity index is 341. The number of thioether (sulfide) groups is 1. The van der Waals surface area contributed by atoms with Gasteiger partial charge >= 0.3 is 0 Å². The SMILES string of the molecule is CCCCCCCCCCCCCCn1nnnc1SC. The van der Waals surface area contributed by atoms with Crippen LogP contribution in [0.4, 0.5) is 0 Å². The van der Waals surface area contributed by atoms with Gasteiger partial charge < -0.3 is 0 Å². The van der Waals surface area contributed by atoms with Crippen molar-refractivity contribution in [3.8, 4) is 0 Å². The van der Waals surface area contributed by atoms with E-state index in [4.69, 9.17) is 0 Å². The first-order chi connectivity index (χ1) is 10.4. The van der Waals surface area contributed by atoms with Gasteiger partial charge in [-0.1, -0.05) is 89.3 Å². The lowest BCUT2D eigenvalue weighted by molar-refractivity contribution is 0.486. The molecule has 0 saturated heterocycles. The minimum atomic E-state index is 0.929. The Hall–Kier alpha value is -0.580. The standard InChI is InChI=1S/C16H32N4S/c1-3-4-5-6-7-8-9-10-11-12-13-14-15-20-16(21-2)17-18-19-20/h3-15H2,1-2H3. The highest BCUT2D eigenvalue weighted by atomic mass is 32.2. The molecule has 0 aliphatic carbocycles. The van der Waals surface area contributed by atoms with Gasteiger partial charge in [-0.25, -0.2) is 4.68 Å². The Morgan fingerprint density at radius 2 is 1.33 bits per heavy atom. The normalized spacial score (nSPS) is 11.1. The van der Waals surface area contributed by atoms with Crippen LogP contribution in [0, 0.1) is 0 Å². The molecule has 1 aromatic rings. The summed E-state index contributed by atoms with van der Waals surface area (Å²) in [5, 5.41) is 12.6. The van der Waals surface area contributed by atoms with Crippen molar-refractivity contribution in [1.82, 2.24) is 20.2 Å². The van der Waals surface area contributed by atoms with Gasteiger partial charge in [0, 0.05) is 6.54 Å². The summed E-state index contributed by atoms with van der Waals surface area (Å²) in [4.78, 5) is 0. The molecule has 0 amide bonds. The predicted molar refractivity (Wildman–Crippen MR) is 90.7 cm³/mol. The van der Waals surface area contributed by atoms with E-state index < -0.39 is 0 Å². The van der Waals surface area contributed by atoms with E-state index in [9.17, 15) is 0 Å². The van der Waals surface area contributed by atoms with Crippen molar-refractivity contribution >= 4 is 11.8 Å². The van der Waals surface area contributed by atoms with Crippen LogP contribution >= 0.6 is 11.8 Å². The first-order valence-corrected chi connectivity index (χ1v) is 9.91. The first kappa shape index (κ1) is 18.5. The van der Waals surface area contributed by atoms with Crippen LogP contribution in [-0.4, -0.2) is 26.5 Å². The van der Waals surface area contributed by atoms with Crippen molar-refractivity contribution < 1.29 is 0 Å². The van der Waals surface area contributed by atoms with Crippen LogP contribution in [0.2, 0.25) is 0 Å². The third-order valence-electron chi connectivity index (χ3n) is 3.91. The zero-order chi connectivity index (χ0) is 15.2. The van der Waals surface area contributed by atoms with Crippen molar-refractivity contribution in [3.63, 3.8) is 0 Å². The quantitative estimate of drug-likeness (QED) is 0.354. The Balaban J connectivity index is 1.83. The molecule has 0 atom stereocenters. The first-order valence-electron chi connectivity index (χ1n) is 8.68. The summed E-state index contributed by atoms with van der Waals surface area (Å²) < 4.78 is 1.92. The molecular formula is C16H32N4S. The highest BCUT2D eigenvalue weighted by molar-refractivity contribution is 7.98. The van der Waals surface area contributed by atoms with Crippen LogP contribution < -0.4 is 0 Å². The summed E-state index contributed by atoms with van der Waals surface area (Å²) in [6.45, 7) is 3.24. The Morgan fingerprint density at radius 1 is 0.810 bits per heavy atom. The molecule has 0 bridgehead atoms. The summed E-state index contributed by atoms with van der Waals surface area (Å²) in [5.74, 6) is 0. The molecule has 0 saturated carbocycles. The van der Waals surface area contributed by atoms with Crippen LogP contribution in [0.25, 0.3) is 0 Å². The average molecular weight is 313 g/mol. The molecule has 0 aliphatic rings. The summed E-state index contributed by atoms with van der Waals surface area (Å²) in [7, 11) is 0. The largest absolute Gasteiger partial charge is 0.220 e. The Morgan fingerprint density at radius 3 is 1.86 bits per heavy atom. The van der Waals surface area contributed by atoms with E-state index in [1.54, 1.807) is 11.8 Å². The molecule has 1 heterocycles. The lowest BCUT2D eigenvalue weighted by atomic mass is 10.1.